The van der Waals surface area contributed by atoms with Crippen LogP contribution in [0.15, 0.2) is 18.3 Å². The molecule has 0 fully saturated rings. The third-order valence-corrected chi connectivity index (χ3v) is 2.88. The molecule has 1 aromatic rings. The van der Waals surface area contributed by atoms with Crippen LogP contribution in [-0.4, -0.2) is 31.7 Å². The number of rotatable bonds is 4. The summed E-state index contributed by atoms with van der Waals surface area (Å²) in [5, 5.41) is 0. The quantitative estimate of drug-likeness (QED) is 0.769. The van der Waals surface area contributed by atoms with E-state index in [9.17, 15) is 4.79 Å². The van der Waals surface area contributed by atoms with E-state index in [4.69, 9.17) is 0 Å². The zero-order valence-corrected chi connectivity index (χ0v) is 11.9. The van der Waals surface area contributed by atoms with Crippen LogP contribution in [0.2, 0.25) is 0 Å². The number of carbonyl (C=O) groups excluding carboxylic acids is 1. The van der Waals surface area contributed by atoms with Gasteiger partial charge in [-0.25, -0.2) is 4.98 Å². The molecule has 0 atom stereocenters. The molecule has 0 saturated heterocycles. The second-order valence-corrected chi connectivity index (χ2v) is 5.40. The monoisotopic (exact) mass is 250 g/mol. The number of ether oxygens (including phenoxy) is 1. The third-order valence-electron chi connectivity index (χ3n) is 2.88. The van der Waals surface area contributed by atoms with Crippen LogP contribution in [0.5, 0.6) is 0 Å². The summed E-state index contributed by atoms with van der Waals surface area (Å²) in [7, 11) is 3.32. The van der Waals surface area contributed by atoms with Crippen LogP contribution in [0, 0.1) is 0 Å². The molecule has 0 aromatic carbocycles. The van der Waals surface area contributed by atoms with Crippen LogP contribution in [0.25, 0.3) is 0 Å². The van der Waals surface area contributed by atoms with Crippen molar-refractivity contribution in [3.63, 3.8) is 0 Å². The number of nitrogens with zero attached hydrogens (tertiary/aromatic N) is 2. The second-order valence-electron chi connectivity index (χ2n) is 5.40. The predicted molar refractivity (Wildman–Crippen MR) is 72.8 cm³/mol. The van der Waals surface area contributed by atoms with Crippen molar-refractivity contribution in [1.29, 1.82) is 0 Å². The molecule has 0 amide bonds. The highest BCUT2D eigenvalue weighted by Crippen LogP contribution is 2.22. The summed E-state index contributed by atoms with van der Waals surface area (Å²) in [5.74, 6) is 0.667. The number of hydrogen-bond donors (Lipinski definition) is 0. The summed E-state index contributed by atoms with van der Waals surface area (Å²) in [4.78, 5) is 17.4. The minimum absolute atomic E-state index is 0.107. The minimum atomic E-state index is -0.201. The van der Waals surface area contributed by atoms with Crippen molar-refractivity contribution in [2.24, 2.45) is 0 Å². The summed E-state index contributed by atoms with van der Waals surface area (Å²) in [5.41, 5.74) is 1.31. The van der Waals surface area contributed by atoms with E-state index in [1.165, 1.54) is 12.7 Å². The van der Waals surface area contributed by atoms with Gasteiger partial charge >= 0.3 is 5.97 Å². The molecular weight excluding hydrogens is 228 g/mol. The summed E-state index contributed by atoms with van der Waals surface area (Å²) in [6.07, 6.45) is 2.26. The Morgan fingerprint density at radius 3 is 2.50 bits per heavy atom. The van der Waals surface area contributed by atoms with Crippen molar-refractivity contribution in [2.75, 3.05) is 25.6 Å². The fourth-order valence-electron chi connectivity index (χ4n) is 1.53. The van der Waals surface area contributed by atoms with E-state index < -0.39 is 0 Å². The van der Waals surface area contributed by atoms with E-state index in [0.29, 0.717) is 13.0 Å². The number of methoxy groups -OCH3 is 1. The maximum absolute atomic E-state index is 11.1. The van der Waals surface area contributed by atoms with Crippen LogP contribution in [0.4, 0.5) is 5.82 Å². The van der Waals surface area contributed by atoms with Crippen molar-refractivity contribution >= 4 is 11.8 Å². The number of carbonyl (C=O) groups is 1. The highest BCUT2D eigenvalue weighted by molar-refractivity contribution is 5.69. The molecule has 0 aliphatic rings. The summed E-state index contributed by atoms with van der Waals surface area (Å²) < 4.78 is 4.61. The van der Waals surface area contributed by atoms with Gasteiger partial charge in [0.1, 0.15) is 5.82 Å². The van der Waals surface area contributed by atoms with Gasteiger partial charge in [0.05, 0.1) is 13.5 Å². The standard InChI is InChI=1S/C14H22N2O2/c1-14(2,3)11-6-7-12(15-10-11)16(4)9-8-13(17)18-5/h6-7,10H,8-9H2,1-5H3. The summed E-state index contributed by atoms with van der Waals surface area (Å²) >= 11 is 0. The highest BCUT2D eigenvalue weighted by Gasteiger charge is 2.14. The molecule has 0 saturated carbocycles. The maximum Gasteiger partial charge on any atom is 0.307 e. The SMILES string of the molecule is COC(=O)CCN(C)c1ccc(C(C)(C)C)cn1. The Balaban J connectivity index is 2.65. The van der Waals surface area contributed by atoms with Gasteiger partial charge < -0.3 is 9.64 Å². The number of hydrogen-bond acceptors (Lipinski definition) is 4. The van der Waals surface area contributed by atoms with Gasteiger partial charge in [0.2, 0.25) is 0 Å². The lowest BCUT2D eigenvalue weighted by molar-refractivity contribution is -0.140. The highest BCUT2D eigenvalue weighted by atomic mass is 16.5. The normalized spacial score (nSPS) is 11.2. The van der Waals surface area contributed by atoms with Gasteiger partial charge in [-0.05, 0) is 17.0 Å². The van der Waals surface area contributed by atoms with Crippen molar-refractivity contribution < 1.29 is 9.53 Å². The number of pyridine rings is 1. The van der Waals surface area contributed by atoms with E-state index in [0.717, 1.165) is 5.82 Å². The van der Waals surface area contributed by atoms with E-state index >= 15 is 0 Å². The zero-order valence-electron chi connectivity index (χ0n) is 11.9. The van der Waals surface area contributed by atoms with Gasteiger partial charge in [-0.1, -0.05) is 26.8 Å². The predicted octanol–water partition coefficient (Wildman–Crippen LogP) is 2.38. The van der Waals surface area contributed by atoms with Crippen molar-refractivity contribution in [2.45, 2.75) is 32.6 Å². The van der Waals surface area contributed by atoms with Crippen molar-refractivity contribution in [1.82, 2.24) is 4.98 Å². The zero-order chi connectivity index (χ0) is 13.8. The molecule has 0 spiro atoms. The molecule has 1 heterocycles. The molecule has 0 radical (unpaired) electrons. The molecule has 18 heavy (non-hydrogen) atoms. The number of anilines is 1. The van der Waals surface area contributed by atoms with Crippen molar-refractivity contribution in [3.8, 4) is 0 Å². The Bertz CT molecular complexity index is 393. The molecule has 1 rings (SSSR count). The Labute approximate surface area is 109 Å². The molecule has 0 unspecified atom stereocenters. The topological polar surface area (TPSA) is 42.4 Å². The fourth-order valence-corrected chi connectivity index (χ4v) is 1.53. The first-order chi connectivity index (χ1) is 8.34. The first kappa shape index (κ1) is 14.5. The van der Waals surface area contributed by atoms with Gasteiger partial charge in [-0.15, -0.1) is 0 Å². The first-order valence-electron chi connectivity index (χ1n) is 6.09. The van der Waals surface area contributed by atoms with E-state index in [-0.39, 0.29) is 11.4 Å². The minimum Gasteiger partial charge on any atom is -0.469 e. The van der Waals surface area contributed by atoms with Gasteiger partial charge in [0.15, 0.2) is 0 Å². The molecule has 4 heteroatoms. The average Bonchev–Trinajstić information content (AvgIpc) is 2.34. The first-order valence-corrected chi connectivity index (χ1v) is 6.09. The van der Waals surface area contributed by atoms with Crippen LogP contribution in [-0.2, 0) is 14.9 Å². The van der Waals surface area contributed by atoms with Gasteiger partial charge in [0.25, 0.3) is 0 Å². The largest absolute Gasteiger partial charge is 0.469 e. The third kappa shape index (κ3) is 4.02. The van der Waals surface area contributed by atoms with E-state index in [2.05, 4.69) is 36.6 Å². The Morgan fingerprint density at radius 1 is 1.39 bits per heavy atom. The smallest absolute Gasteiger partial charge is 0.307 e. The van der Waals surface area contributed by atoms with E-state index in [1.807, 2.05) is 24.2 Å². The van der Waals surface area contributed by atoms with Crippen LogP contribution in [0.3, 0.4) is 0 Å². The Hall–Kier alpha value is -1.58. The van der Waals surface area contributed by atoms with Gasteiger partial charge in [0, 0.05) is 19.8 Å². The summed E-state index contributed by atoms with van der Waals surface area (Å²) in [6.45, 7) is 7.08. The molecule has 100 valence electrons. The molecule has 0 bridgehead atoms. The van der Waals surface area contributed by atoms with Gasteiger partial charge in [-0.2, -0.15) is 0 Å². The number of aromatic nitrogens is 1. The van der Waals surface area contributed by atoms with Crippen molar-refractivity contribution in [3.05, 3.63) is 23.9 Å². The van der Waals surface area contributed by atoms with Gasteiger partial charge in [-0.3, -0.25) is 4.79 Å². The molecule has 0 N–H and O–H groups in total. The molecular formula is C14H22N2O2. The molecule has 0 aliphatic heterocycles. The molecule has 1 aromatic heterocycles. The Morgan fingerprint density at radius 2 is 2.06 bits per heavy atom. The number of esters is 1. The lowest BCUT2D eigenvalue weighted by atomic mass is 9.88. The van der Waals surface area contributed by atoms with Crippen LogP contribution >= 0.6 is 0 Å². The van der Waals surface area contributed by atoms with Crippen LogP contribution in [0.1, 0.15) is 32.8 Å². The Kier molecular flexibility index (Phi) is 4.70. The lowest BCUT2D eigenvalue weighted by Crippen LogP contribution is -2.23. The summed E-state index contributed by atoms with van der Waals surface area (Å²) in [6, 6.07) is 4.06. The fraction of sp³-hybridized carbons (Fsp3) is 0.571. The van der Waals surface area contributed by atoms with E-state index in [1.54, 1.807) is 0 Å². The second kappa shape index (κ2) is 5.85. The average molecular weight is 250 g/mol. The maximum atomic E-state index is 11.1. The molecule has 0 aliphatic carbocycles. The molecule has 4 nitrogen and oxygen atoms in total. The van der Waals surface area contributed by atoms with Crippen LogP contribution < -0.4 is 4.90 Å². The lowest BCUT2D eigenvalue weighted by Gasteiger charge is -2.21.